The summed E-state index contributed by atoms with van der Waals surface area (Å²) in [5.41, 5.74) is 4.65. The van der Waals surface area contributed by atoms with E-state index in [4.69, 9.17) is 0 Å². The molecule has 14 heavy (non-hydrogen) atoms. The fraction of sp³-hybridized carbons (Fsp3) is 0.429. The average molecular weight is 186 g/mol. The molecule has 2 aliphatic carbocycles. The first kappa shape index (κ1) is 9.51. The first-order valence-corrected chi connectivity index (χ1v) is 5.44. The zero-order chi connectivity index (χ0) is 10.1. The second-order valence-electron chi connectivity index (χ2n) is 4.38. The fourth-order valence-electron chi connectivity index (χ4n) is 2.57. The predicted molar refractivity (Wildman–Crippen MR) is 62.0 cm³/mol. The Morgan fingerprint density at radius 2 is 2.21 bits per heavy atom. The molecule has 0 heteroatoms. The summed E-state index contributed by atoms with van der Waals surface area (Å²) in [6.45, 7) is 6.86. The first-order chi connectivity index (χ1) is 6.70. The standard InChI is InChI=1S/C14H18/c1-10-8-9-11(2)14(10)12(3)13-6-4-5-7-13/h4-6,8-10,12H,7H2,1-3H3. The summed E-state index contributed by atoms with van der Waals surface area (Å²) < 4.78 is 0. The van der Waals surface area contributed by atoms with Crippen LogP contribution in [0.5, 0.6) is 0 Å². The maximum absolute atomic E-state index is 2.33. The van der Waals surface area contributed by atoms with Gasteiger partial charge >= 0.3 is 0 Å². The molecule has 2 rings (SSSR count). The Morgan fingerprint density at radius 1 is 1.43 bits per heavy atom. The Balaban J connectivity index is 2.20. The van der Waals surface area contributed by atoms with E-state index in [1.54, 1.807) is 11.1 Å². The fourth-order valence-corrected chi connectivity index (χ4v) is 2.57. The van der Waals surface area contributed by atoms with Crippen LogP contribution >= 0.6 is 0 Å². The molecule has 0 aromatic rings. The lowest BCUT2D eigenvalue weighted by Crippen LogP contribution is -2.07. The minimum Gasteiger partial charge on any atom is -0.0804 e. The first-order valence-electron chi connectivity index (χ1n) is 5.44. The van der Waals surface area contributed by atoms with Crippen LogP contribution in [0.3, 0.4) is 0 Å². The lowest BCUT2D eigenvalue weighted by Gasteiger charge is -2.20. The Labute approximate surface area is 86.7 Å². The molecule has 0 aliphatic heterocycles. The van der Waals surface area contributed by atoms with Crippen molar-refractivity contribution in [3.05, 3.63) is 47.1 Å². The minimum atomic E-state index is 0.620. The van der Waals surface area contributed by atoms with E-state index in [-0.39, 0.29) is 0 Å². The maximum atomic E-state index is 2.33. The molecule has 0 spiro atoms. The molecule has 0 fully saturated rings. The molecule has 0 heterocycles. The third-order valence-corrected chi connectivity index (χ3v) is 3.40. The predicted octanol–water partition coefficient (Wildman–Crippen LogP) is 4.03. The summed E-state index contributed by atoms with van der Waals surface area (Å²) in [5.74, 6) is 1.25. The van der Waals surface area contributed by atoms with E-state index in [1.165, 1.54) is 5.57 Å². The zero-order valence-corrected chi connectivity index (χ0v) is 9.25. The van der Waals surface area contributed by atoms with Crippen LogP contribution in [0.1, 0.15) is 27.2 Å². The second kappa shape index (κ2) is 3.61. The van der Waals surface area contributed by atoms with Crippen molar-refractivity contribution in [3.8, 4) is 0 Å². The highest BCUT2D eigenvalue weighted by molar-refractivity contribution is 5.41. The van der Waals surface area contributed by atoms with Crippen molar-refractivity contribution in [2.45, 2.75) is 27.2 Å². The Hall–Kier alpha value is -1.04. The molecule has 2 unspecified atom stereocenters. The van der Waals surface area contributed by atoms with Gasteiger partial charge in [0.1, 0.15) is 0 Å². The van der Waals surface area contributed by atoms with Crippen LogP contribution in [0.25, 0.3) is 0 Å². The van der Waals surface area contributed by atoms with Crippen LogP contribution in [-0.2, 0) is 0 Å². The lowest BCUT2D eigenvalue weighted by atomic mass is 9.85. The van der Waals surface area contributed by atoms with Crippen LogP contribution in [0.2, 0.25) is 0 Å². The maximum Gasteiger partial charge on any atom is -0.000368 e. The normalized spacial score (nSPS) is 27.4. The average Bonchev–Trinajstić information content (AvgIpc) is 2.75. The van der Waals surface area contributed by atoms with E-state index in [9.17, 15) is 0 Å². The van der Waals surface area contributed by atoms with E-state index >= 15 is 0 Å². The third-order valence-electron chi connectivity index (χ3n) is 3.40. The van der Waals surface area contributed by atoms with Crippen LogP contribution in [0, 0.1) is 11.8 Å². The molecular weight excluding hydrogens is 168 g/mol. The molecule has 0 N–H and O–H groups in total. The van der Waals surface area contributed by atoms with Gasteiger partial charge < -0.3 is 0 Å². The molecule has 0 radical (unpaired) electrons. The Kier molecular flexibility index (Phi) is 2.45. The van der Waals surface area contributed by atoms with E-state index in [2.05, 4.69) is 51.2 Å². The highest BCUT2D eigenvalue weighted by Gasteiger charge is 2.22. The van der Waals surface area contributed by atoms with Crippen molar-refractivity contribution in [1.82, 2.24) is 0 Å². The molecule has 0 aromatic heterocycles. The SMILES string of the molecule is CC1=C(C(C)C2=CC=CC2)C(C)C=C1. The molecule has 0 bridgehead atoms. The van der Waals surface area contributed by atoms with E-state index in [0.29, 0.717) is 11.8 Å². The summed E-state index contributed by atoms with van der Waals surface area (Å²) in [7, 11) is 0. The molecule has 0 amide bonds. The number of allylic oxidation sites excluding steroid dienone is 8. The van der Waals surface area contributed by atoms with Gasteiger partial charge in [0.25, 0.3) is 0 Å². The van der Waals surface area contributed by atoms with Crippen molar-refractivity contribution in [3.63, 3.8) is 0 Å². The van der Waals surface area contributed by atoms with Gasteiger partial charge in [-0.05, 0) is 25.2 Å². The van der Waals surface area contributed by atoms with Gasteiger partial charge in [0, 0.05) is 0 Å². The van der Waals surface area contributed by atoms with E-state index < -0.39 is 0 Å². The molecule has 0 saturated heterocycles. The van der Waals surface area contributed by atoms with E-state index in [0.717, 1.165) is 6.42 Å². The number of hydrogen-bond donors (Lipinski definition) is 0. The van der Waals surface area contributed by atoms with E-state index in [1.807, 2.05) is 0 Å². The summed E-state index contributed by atoms with van der Waals surface area (Å²) in [6.07, 6.45) is 12.4. The Morgan fingerprint density at radius 3 is 2.71 bits per heavy atom. The molecule has 0 saturated carbocycles. The highest BCUT2D eigenvalue weighted by Crippen LogP contribution is 2.36. The summed E-state index contributed by atoms with van der Waals surface area (Å²) in [5, 5.41) is 0. The largest absolute Gasteiger partial charge is 0.0804 e. The third kappa shape index (κ3) is 1.50. The zero-order valence-electron chi connectivity index (χ0n) is 9.25. The number of hydrogen-bond acceptors (Lipinski definition) is 0. The van der Waals surface area contributed by atoms with Crippen LogP contribution < -0.4 is 0 Å². The van der Waals surface area contributed by atoms with Crippen LogP contribution in [0.4, 0.5) is 0 Å². The smallest absolute Gasteiger partial charge is 0.000368 e. The second-order valence-corrected chi connectivity index (χ2v) is 4.38. The van der Waals surface area contributed by atoms with Gasteiger partial charge in [0.05, 0.1) is 0 Å². The summed E-state index contributed by atoms with van der Waals surface area (Å²) in [4.78, 5) is 0. The van der Waals surface area contributed by atoms with Crippen molar-refractivity contribution >= 4 is 0 Å². The van der Waals surface area contributed by atoms with Crippen LogP contribution in [0.15, 0.2) is 47.1 Å². The van der Waals surface area contributed by atoms with Crippen molar-refractivity contribution in [2.24, 2.45) is 11.8 Å². The number of rotatable bonds is 2. The monoisotopic (exact) mass is 186 g/mol. The Bertz CT molecular complexity index is 350. The quantitative estimate of drug-likeness (QED) is 0.610. The molecule has 0 aromatic carbocycles. The molecule has 0 nitrogen and oxygen atoms in total. The summed E-state index contributed by atoms with van der Waals surface area (Å²) in [6, 6.07) is 0. The molecular formula is C14H18. The van der Waals surface area contributed by atoms with Gasteiger partial charge in [0.2, 0.25) is 0 Å². The van der Waals surface area contributed by atoms with Gasteiger partial charge in [-0.1, -0.05) is 60.9 Å². The van der Waals surface area contributed by atoms with Crippen molar-refractivity contribution in [1.29, 1.82) is 0 Å². The van der Waals surface area contributed by atoms with Crippen LogP contribution in [-0.4, -0.2) is 0 Å². The lowest BCUT2D eigenvalue weighted by molar-refractivity contribution is 0.682. The molecule has 2 aliphatic rings. The van der Waals surface area contributed by atoms with Gasteiger partial charge in [0.15, 0.2) is 0 Å². The minimum absolute atomic E-state index is 0.620. The molecule has 2 atom stereocenters. The van der Waals surface area contributed by atoms with Crippen molar-refractivity contribution in [2.75, 3.05) is 0 Å². The topological polar surface area (TPSA) is 0 Å². The van der Waals surface area contributed by atoms with Gasteiger partial charge in [-0.15, -0.1) is 0 Å². The van der Waals surface area contributed by atoms with Gasteiger partial charge in [-0.3, -0.25) is 0 Å². The summed E-state index contributed by atoms with van der Waals surface area (Å²) >= 11 is 0. The highest BCUT2D eigenvalue weighted by atomic mass is 14.3. The van der Waals surface area contributed by atoms with Gasteiger partial charge in [-0.25, -0.2) is 0 Å². The van der Waals surface area contributed by atoms with Crippen molar-refractivity contribution < 1.29 is 0 Å². The van der Waals surface area contributed by atoms with Gasteiger partial charge in [-0.2, -0.15) is 0 Å². The molecule has 74 valence electrons.